The number of nitrogens with zero attached hydrogens (tertiary/aromatic N) is 2. The molecule has 0 spiro atoms. The molecule has 1 aromatic heterocycles. The Labute approximate surface area is 189 Å². The topological polar surface area (TPSA) is 80.5 Å². The first-order valence-corrected chi connectivity index (χ1v) is 11.0. The second-order valence-corrected chi connectivity index (χ2v) is 8.47. The summed E-state index contributed by atoms with van der Waals surface area (Å²) in [6, 6.07) is 13.8. The first kappa shape index (κ1) is 21.8. The predicted octanol–water partition coefficient (Wildman–Crippen LogP) is 4.55. The Hall–Kier alpha value is -3.38. The van der Waals surface area contributed by atoms with E-state index in [2.05, 4.69) is 47.2 Å². The number of nitrogens with one attached hydrogen (secondary N) is 1. The molecule has 0 aliphatic carbocycles. The van der Waals surface area contributed by atoms with Crippen molar-refractivity contribution in [2.24, 2.45) is 5.73 Å². The number of nitrogens with two attached hydrogens (primary N) is 1. The minimum Gasteiger partial charge on any atom is -0.497 e. The van der Waals surface area contributed by atoms with Gasteiger partial charge in [0.15, 0.2) is 0 Å². The van der Waals surface area contributed by atoms with Crippen molar-refractivity contribution in [3.05, 3.63) is 71.5 Å². The molecule has 2 heterocycles. The number of benzene rings is 2. The zero-order valence-electron chi connectivity index (χ0n) is 18.9. The van der Waals surface area contributed by atoms with Gasteiger partial charge in [0.1, 0.15) is 5.75 Å². The molecule has 6 nitrogen and oxygen atoms in total. The number of carbonyl (C=O) groups is 1. The molecule has 3 aromatic rings. The van der Waals surface area contributed by atoms with Gasteiger partial charge in [-0.1, -0.05) is 29.3 Å². The monoisotopic (exact) mass is 430 g/mol. The van der Waals surface area contributed by atoms with Gasteiger partial charge in [0.2, 0.25) is 0 Å². The van der Waals surface area contributed by atoms with Crippen molar-refractivity contribution < 1.29 is 9.53 Å². The molecule has 1 amide bonds. The van der Waals surface area contributed by atoms with Gasteiger partial charge in [-0.3, -0.25) is 9.78 Å². The van der Waals surface area contributed by atoms with Crippen molar-refractivity contribution in [3.8, 4) is 16.9 Å². The third-order valence-electron chi connectivity index (χ3n) is 5.91. The van der Waals surface area contributed by atoms with E-state index >= 15 is 0 Å². The molecular formula is C26H30N4O2. The van der Waals surface area contributed by atoms with Crippen molar-refractivity contribution in [1.29, 1.82) is 0 Å². The summed E-state index contributed by atoms with van der Waals surface area (Å²) in [7, 11) is 1.61. The minimum atomic E-state index is -0.179. The number of piperidine rings is 1. The van der Waals surface area contributed by atoms with E-state index in [1.54, 1.807) is 37.6 Å². The molecule has 0 radical (unpaired) electrons. The van der Waals surface area contributed by atoms with Gasteiger partial charge in [-0.15, -0.1) is 0 Å². The zero-order valence-corrected chi connectivity index (χ0v) is 18.9. The first-order chi connectivity index (χ1) is 15.4. The Balaban J connectivity index is 1.74. The SMILES string of the molecule is COc1ccc(C(=O)Nc2cncc(-c3cc(C)cc(C)c3)c2N2CCC(N)CC2)cc1. The quantitative estimate of drug-likeness (QED) is 0.621. The number of pyridine rings is 1. The molecule has 4 rings (SSSR count). The van der Waals surface area contributed by atoms with Gasteiger partial charge in [0, 0.05) is 36.5 Å². The lowest BCUT2D eigenvalue weighted by atomic mass is 9.98. The number of rotatable bonds is 5. The Bertz CT molecular complexity index is 1080. The lowest BCUT2D eigenvalue weighted by molar-refractivity contribution is 0.102. The third-order valence-corrected chi connectivity index (χ3v) is 5.91. The second-order valence-electron chi connectivity index (χ2n) is 8.47. The van der Waals surface area contributed by atoms with Crippen LogP contribution in [-0.2, 0) is 0 Å². The molecule has 0 bridgehead atoms. The van der Waals surface area contributed by atoms with E-state index in [1.807, 2.05) is 6.20 Å². The molecular weight excluding hydrogens is 400 g/mol. The van der Waals surface area contributed by atoms with E-state index in [0.717, 1.165) is 42.7 Å². The summed E-state index contributed by atoms with van der Waals surface area (Å²) in [6.45, 7) is 5.88. The largest absolute Gasteiger partial charge is 0.497 e. The molecule has 0 saturated carbocycles. The van der Waals surface area contributed by atoms with Crippen molar-refractivity contribution in [1.82, 2.24) is 4.98 Å². The number of hydrogen-bond donors (Lipinski definition) is 2. The Morgan fingerprint density at radius 3 is 2.34 bits per heavy atom. The third kappa shape index (κ3) is 4.75. The minimum absolute atomic E-state index is 0.179. The van der Waals surface area contributed by atoms with E-state index in [-0.39, 0.29) is 11.9 Å². The smallest absolute Gasteiger partial charge is 0.255 e. The summed E-state index contributed by atoms with van der Waals surface area (Å²) < 4.78 is 5.20. The summed E-state index contributed by atoms with van der Waals surface area (Å²) in [6.07, 6.45) is 5.46. The van der Waals surface area contributed by atoms with Gasteiger partial charge in [0.25, 0.3) is 5.91 Å². The van der Waals surface area contributed by atoms with Crippen molar-refractivity contribution >= 4 is 17.3 Å². The van der Waals surface area contributed by atoms with Crippen LogP contribution in [0.1, 0.15) is 34.3 Å². The van der Waals surface area contributed by atoms with Crippen LogP contribution < -0.4 is 20.7 Å². The van der Waals surface area contributed by atoms with Crippen LogP contribution >= 0.6 is 0 Å². The number of ether oxygens (including phenoxy) is 1. The predicted molar refractivity (Wildman–Crippen MR) is 130 cm³/mol. The molecule has 1 aliphatic heterocycles. The summed E-state index contributed by atoms with van der Waals surface area (Å²) in [5, 5.41) is 3.10. The average molecular weight is 431 g/mol. The van der Waals surface area contributed by atoms with Gasteiger partial charge in [-0.2, -0.15) is 0 Å². The summed E-state index contributed by atoms with van der Waals surface area (Å²) in [5.74, 6) is 0.535. The molecule has 1 aliphatic rings. The normalized spacial score (nSPS) is 14.3. The molecule has 3 N–H and O–H groups in total. The van der Waals surface area contributed by atoms with Crippen LogP contribution in [0.25, 0.3) is 11.1 Å². The molecule has 1 fully saturated rings. The molecule has 2 aromatic carbocycles. The number of amides is 1. The fraction of sp³-hybridized carbons (Fsp3) is 0.308. The van der Waals surface area contributed by atoms with Gasteiger partial charge in [0.05, 0.1) is 24.7 Å². The van der Waals surface area contributed by atoms with Crippen LogP contribution in [-0.4, -0.2) is 37.1 Å². The van der Waals surface area contributed by atoms with Crippen LogP contribution in [0.2, 0.25) is 0 Å². The number of aryl methyl sites for hydroxylation is 2. The maximum Gasteiger partial charge on any atom is 0.255 e. The number of carbonyl (C=O) groups excluding carboxylic acids is 1. The maximum atomic E-state index is 13.0. The highest BCUT2D eigenvalue weighted by molar-refractivity contribution is 6.07. The molecule has 0 atom stereocenters. The molecule has 32 heavy (non-hydrogen) atoms. The molecule has 1 saturated heterocycles. The van der Waals surface area contributed by atoms with Crippen LogP contribution in [0.3, 0.4) is 0 Å². The standard InChI is InChI=1S/C26H30N4O2/c1-17-12-18(2)14-20(13-17)23-15-28-16-24(25(23)30-10-8-21(27)9-11-30)29-26(31)19-4-6-22(32-3)7-5-19/h4-7,12-16,21H,8-11,27H2,1-3H3,(H,29,31). The summed E-state index contributed by atoms with van der Waals surface area (Å²) in [5.41, 5.74) is 12.9. The van der Waals surface area contributed by atoms with Gasteiger partial charge in [-0.25, -0.2) is 0 Å². The van der Waals surface area contributed by atoms with Crippen molar-refractivity contribution in [2.75, 3.05) is 30.4 Å². The fourth-order valence-corrected chi connectivity index (χ4v) is 4.29. The zero-order chi connectivity index (χ0) is 22.7. The van der Waals surface area contributed by atoms with Crippen LogP contribution in [0.15, 0.2) is 54.9 Å². The number of aromatic nitrogens is 1. The van der Waals surface area contributed by atoms with Crippen LogP contribution in [0.4, 0.5) is 11.4 Å². The molecule has 6 heteroatoms. The van der Waals surface area contributed by atoms with E-state index in [1.165, 1.54) is 11.1 Å². The fourth-order valence-electron chi connectivity index (χ4n) is 4.29. The van der Waals surface area contributed by atoms with Gasteiger partial charge < -0.3 is 20.7 Å². The second kappa shape index (κ2) is 9.40. The lowest BCUT2D eigenvalue weighted by Gasteiger charge is -2.34. The van der Waals surface area contributed by atoms with Crippen LogP contribution in [0, 0.1) is 13.8 Å². The summed E-state index contributed by atoms with van der Waals surface area (Å²) >= 11 is 0. The molecule has 0 unspecified atom stereocenters. The Morgan fingerprint density at radius 2 is 1.72 bits per heavy atom. The van der Waals surface area contributed by atoms with Gasteiger partial charge >= 0.3 is 0 Å². The van der Waals surface area contributed by atoms with E-state index in [0.29, 0.717) is 17.0 Å². The van der Waals surface area contributed by atoms with Gasteiger partial charge in [-0.05, 0) is 56.5 Å². The van der Waals surface area contributed by atoms with E-state index < -0.39 is 0 Å². The maximum absolute atomic E-state index is 13.0. The highest BCUT2D eigenvalue weighted by atomic mass is 16.5. The number of methoxy groups -OCH3 is 1. The highest BCUT2D eigenvalue weighted by Crippen LogP contribution is 2.38. The first-order valence-electron chi connectivity index (χ1n) is 11.0. The number of anilines is 2. The van der Waals surface area contributed by atoms with Crippen LogP contribution in [0.5, 0.6) is 5.75 Å². The Kier molecular flexibility index (Phi) is 6.42. The molecule has 166 valence electrons. The van der Waals surface area contributed by atoms with Crippen molar-refractivity contribution in [3.63, 3.8) is 0 Å². The van der Waals surface area contributed by atoms with E-state index in [4.69, 9.17) is 10.5 Å². The lowest BCUT2D eigenvalue weighted by Crippen LogP contribution is -2.40. The Morgan fingerprint density at radius 1 is 1.06 bits per heavy atom. The van der Waals surface area contributed by atoms with Crippen molar-refractivity contribution in [2.45, 2.75) is 32.7 Å². The average Bonchev–Trinajstić information content (AvgIpc) is 2.79. The van der Waals surface area contributed by atoms with E-state index in [9.17, 15) is 4.79 Å². The highest BCUT2D eigenvalue weighted by Gasteiger charge is 2.23. The summed E-state index contributed by atoms with van der Waals surface area (Å²) in [4.78, 5) is 19.8. The number of hydrogen-bond acceptors (Lipinski definition) is 5.